The Morgan fingerprint density at radius 1 is 1.07 bits per heavy atom. The topological polar surface area (TPSA) is 49.9 Å². The lowest BCUT2D eigenvalue weighted by atomic mass is 9.99. The monoisotopic (exact) mass is 214 g/mol. The van der Waals surface area contributed by atoms with E-state index < -0.39 is 0 Å². The van der Waals surface area contributed by atoms with Gasteiger partial charge in [0.25, 0.3) is 0 Å². The number of hydrogen-bond donors (Lipinski definition) is 2. The van der Waals surface area contributed by atoms with Gasteiger partial charge in [0.05, 0.1) is 0 Å². The van der Waals surface area contributed by atoms with Gasteiger partial charge in [-0.25, -0.2) is 0 Å². The summed E-state index contributed by atoms with van der Waals surface area (Å²) in [7, 11) is 0. The Morgan fingerprint density at radius 3 is 2.07 bits per heavy atom. The molecule has 0 atom stereocenters. The zero-order chi connectivity index (χ0) is 10.2. The van der Waals surface area contributed by atoms with Crippen molar-refractivity contribution in [3.05, 3.63) is 0 Å². The van der Waals surface area contributed by atoms with Crippen LogP contribution >= 0.6 is 11.8 Å². The summed E-state index contributed by atoms with van der Waals surface area (Å²) in [4.78, 5) is 0. The van der Waals surface area contributed by atoms with Crippen LogP contribution in [0.5, 0.6) is 0 Å². The Morgan fingerprint density at radius 2 is 1.57 bits per heavy atom. The van der Waals surface area contributed by atoms with Gasteiger partial charge in [-0.15, -0.1) is 0 Å². The van der Waals surface area contributed by atoms with Crippen molar-refractivity contribution in [2.45, 2.75) is 51.4 Å². The van der Waals surface area contributed by atoms with Gasteiger partial charge in [-0.05, 0) is 18.8 Å². The third-order valence-corrected chi connectivity index (χ3v) is 3.90. The fourth-order valence-electron chi connectivity index (χ4n) is 2.09. The number of thioether (sulfide) groups is 1. The molecule has 3 N–H and O–H groups in total. The van der Waals surface area contributed by atoms with Crippen molar-refractivity contribution in [1.29, 1.82) is 5.41 Å². The highest BCUT2D eigenvalue weighted by atomic mass is 32.2. The summed E-state index contributed by atoms with van der Waals surface area (Å²) in [5.74, 6) is 1.87. The number of amidine groups is 1. The van der Waals surface area contributed by atoms with Gasteiger partial charge in [0.2, 0.25) is 0 Å². The molecule has 0 bridgehead atoms. The van der Waals surface area contributed by atoms with Gasteiger partial charge in [0, 0.05) is 5.75 Å². The molecule has 0 aliphatic heterocycles. The molecule has 1 aliphatic carbocycles. The van der Waals surface area contributed by atoms with E-state index in [9.17, 15) is 0 Å². The fraction of sp³-hybridized carbons (Fsp3) is 0.909. The predicted octanol–water partition coefficient (Wildman–Crippen LogP) is 3.36. The predicted molar refractivity (Wildman–Crippen MR) is 64.8 cm³/mol. The van der Waals surface area contributed by atoms with Crippen LogP contribution in [0.4, 0.5) is 0 Å². The van der Waals surface area contributed by atoms with Gasteiger partial charge in [-0.1, -0.05) is 50.3 Å². The van der Waals surface area contributed by atoms with Crippen molar-refractivity contribution in [3.63, 3.8) is 0 Å². The summed E-state index contributed by atoms with van der Waals surface area (Å²) in [5.41, 5.74) is 5.36. The molecular formula is C11H22N2S. The van der Waals surface area contributed by atoms with Gasteiger partial charge in [0.1, 0.15) is 0 Å². The summed E-state index contributed by atoms with van der Waals surface area (Å²) in [5, 5.41) is 7.48. The van der Waals surface area contributed by atoms with E-state index in [1.165, 1.54) is 63.1 Å². The maximum atomic E-state index is 7.19. The summed E-state index contributed by atoms with van der Waals surface area (Å²) in [6.45, 7) is 0. The first-order valence-electron chi connectivity index (χ1n) is 5.76. The van der Waals surface area contributed by atoms with Gasteiger partial charge in [0.15, 0.2) is 5.17 Å². The maximum Gasteiger partial charge on any atom is 0.151 e. The molecule has 14 heavy (non-hydrogen) atoms. The van der Waals surface area contributed by atoms with Crippen LogP contribution in [0.15, 0.2) is 0 Å². The average molecular weight is 214 g/mol. The number of nitrogens with two attached hydrogens (primary N) is 1. The van der Waals surface area contributed by atoms with Crippen LogP contribution < -0.4 is 5.73 Å². The highest BCUT2D eigenvalue weighted by Gasteiger charge is 2.11. The Labute approximate surface area is 91.5 Å². The molecule has 1 aliphatic rings. The number of nitrogens with one attached hydrogen (secondary N) is 1. The number of hydrogen-bond acceptors (Lipinski definition) is 2. The normalized spacial score (nSPS) is 20.9. The molecule has 0 radical (unpaired) electrons. The average Bonchev–Trinajstić information content (AvgIpc) is 2.27. The first kappa shape index (κ1) is 11.9. The molecule has 0 amide bonds. The lowest BCUT2D eigenvalue weighted by Crippen LogP contribution is -2.10. The highest BCUT2D eigenvalue weighted by Crippen LogP contribution is 2.24. The first-order valence-corrected chi connectivity index (χ1v) is 6.74. The lowest BCUT2D eigenvalue weighted by Gasteiger charge is -2.14. The molecule has 0 aromatic carbocycles. The fourth-order valence-corrected chi connectivity index (χ4v) is 2.84. The smallest absolute Gasteiger partial charge is 0.151 e. The van der Waals surface area contributed by atoms with Crippen molar-refractivity contribution in [2.24, 2.45) is 11.7 Å². The molecule has 3 heteroatoms. The van der Waals surface area contributed by atoms with E-state index in [0.29, 0.717) is 0 Å². The molecule has 0 aromatic heterocycles. The van der Waals surface area contributed by atoms with Gasteiger partial charge in [-0.3, -0.25) is 5.41 Å². The van der Waals surface area contributed by atoms with Crippen LogP contribution in [0.2, 0.25) is 0 Å². The van der Waals surface area contributed by atoms with Crippen LogP contribution in [-0.2, 0) is 0 Å². The summed E-state index contributed by atoms with van der Waals surface area (Å²) < 4.78 is 0. The lowest BCUT2D eigenvalue weighted by molar-refractivity contribution is 0.472. The van der Waals surface area contributed by atoms with E-state index in [1.807, 2.05) is 0 Å². The van der Waals surface area contributed by atoms with Gasteiger partial charge >= 0.3 is 0 Å². The molecular weight excluding hydrogens is 192 g/mol. The molecule has 82 valence electrons. The maximum absolute atomic E-state index is 7.19. The van der Waals surface area contributed by atoms with E-state index >= 15 is 0 Å². The molecule has 0 aromatic rings. The molecule has 0 spiro atoms. The van der Waals surface area contributed by atoms with Crippen molar-refractivity contribution >= 4 is 16.9 Å². The number of rotatable bonds is 2. The minimum atomic E-state index is 0.282. The van der Waals surface area contributed by atoms with Crippen molar-refractivity contribution < 1.29 is 0 Å². The van der Waals surface area contributed by atoms with Crippen molar-refractivity contribution in [2.75, 3.05) is 5.75 Å². The molecule has 1 saturated carbocycles. The van der Waals surface area contributed by atoms with Gasteiger partial charge < -0.3 is 5.73 Å². The Kier molecular flexibility index (Phi) is 6.08. The summed E-state index contributed by atoms with van der Waals surface area (Å²) in [6, 6.07) is 0. The van der Waals surface area contributed by atoms with E-state index in [0.717, 1.165) is 11.7 Å². The minimum Gasteiger partial charge on any atom is -0.379 e. The van der Waals surface area contributed by atoms with Crippen molar-refractivity contribution in [3.8, 4) is 0 Å². The van der Waals surface area contributed by atoms with Gasteiger partial charge in [-0.2, -0.15) is 0 Å². The van der Waals surface area contributed by atoms with Crippen LogP contribution in [0.1, 0.15) is 51.4 Å². The second kappa shape index (κ2) is 7.16. The molecule has 2 nitrogen and oxygen atoms in total. The Bertz CT molecular complexity index is 161. The van der Waals surface area contributed by atoms with Crippen LogP contribution in [0.25, 0.3) is 0 Å². The van der Waals surface area contributed by atoms with E-state index in [-0.39, 0.29) is 5.17 Å². The second-order valence-electron chi connectivity index (χ2n) is 4.24. The third kappa shape index (κ3) is 5.53. The van der Waals surface area contributed by atoms with E-state index in [1.54, 1.807) is 0 Å². The first-order chi connectivity index (χ1) is 6.79. The second-order valence-corrected chi connectivity index (χ2v) is 5.30. The van der Waals surface area contributed by atoms with Crippen molar-refractivity contribution in [1.82, 2.24) is 0 Å². The van der Waals surface area contributed by atoms with Crippen LogP contribution in [0, 0.1) is 11.3 Å². The molecule has 0 saturated heterocycles. The Balaban J connectivity index is 2.21. The van der Waals surface area contributed by atoms with Crippen LogP contribution in [0.3, 0.4) is 0 Å². The molecule has 1 fully saturated rings. The zero-order valence-corrected chi connectivity index (χ0v) is 9.74. The summed E-state index contributed by atoms with van der Waals surface area (Å²) >= 11 is 1.52. The Hall–Kier alpha value is -0.180. The minimum absolute atomic E-state index is 0.282. The molecule has 0 unspecified atom stereocenters. The third-order valence-electron chi connectivity index (χ3n) is 2.95. The van der Waals surface area contributed by atoms with Crippen LogP contribution in [-0.4, -0.2) is 10.9 Å². The standard InChI is InChI=1S/C11H22N2S/c12-11(13)14-9-10-7-5-3-1-2-4-6-8-10/h10H,1-9H2,(H3,12,13). The molecule has 0 heterocycles. The summed E-state index contributed by atoms with van der Waals surface area (Å²) in [6.07, 6.45) is 11.1. The quantitative estimate of drug-likeness (QED) is 0.547. The SMILES string of the molecule is N=C(N)SCC1CCCCCCCC1. The molecule has 1 rings (SSSR count). The highest BCUT2D eigenvalue weighted by molar-refractivity contribution is 8.13. The van der Waals surface area contributed by atoms with E-state index in [2.05, 4.69) is 0 Å². The largest absolute Gasteiger partial charge is 0.379 e. The zero-order valence-electron chi connectivity index (χ0n) is 8.93. The van der Waals surface area contributed by atoms with E-state index in [4.69, 9.17) is 11.1 Å².